The maximum atomic E-state index is 12.4. The Morgan fingerprint density at radius 2 is 1.51 bits per heavy atom. The molecule has 2 N–H and O–H groups in total. The van der Waals surface area contributed by atoms with Gasteiger partial charge in [-0.2, -0.15) is 13.4 Å². The van der Waals surface area contributed by atoms with Gasteiger partial charge in [0, 0.05) is 22.5 Å². The molecule has 1 saturated carbocycles. The number of aromatic nitrogens is 2. The zero-order valence-corrected chi connectivity index (χ0v) is 20.9. The minimum atomic E-state index is -4.49. The zero-order chi connectivity index (χ0) is 25.4. The molecule has 0 bridgehead atoms. The van der Waals surface area contributed by atoms with E-state index >= 15 is 0 Å². The summed E-state index contributed by atoms with van der Waals surface area (Å²) in [6, 6.07) is 28.2. The van der Waals surface area contributed by atoms with Crippen LogP contribution in [0.15, 0.2) is 95.9 Å². The fourth-order valence-corrected chi connectivity index (χ4v) is 5.90. The van der Waals surface area contributed by atoms with E-state index in [1.54, 1.807) is 6.07 Å². The summed E-state index contributed by atoms with van der Waals surface area (Å²) in [5.41, 5.74) is 2.10. The van der Waals surface area contributed by atoms with Gasteiger partial charge in [0.2, 0.25) is 5.95 Å². The Labute approximate surface area is 215 Å². The summed E-state index contributed by atoms with van der Waals surface area (Å²) in [6.45, 7) is 0. The number of anilines is 4. The number of fused-ring (bicyclic) bond motifs is 2. The average molecular weight is 511 g/mol. The van der Waals surface area contributed by atoms with Crippen LogP contribution in [0.3, 0.4) is 0 Å². The summed E-state index contributed by atoms with van der Waals surface area (Å²) in [6.07, 6.45) is 4.57. The minimum Gasteiger partial charge on any atom is -0.367 e. The Balaban J connectivity index is 1.63. The summed E-state index contributed by atoms with van der Waals surface area (Å²) in [5, 5.41) is 5.65. The van der Waals surface area contributed by atoms with Crippen molar-refractivity contribution in [1.29, 1.82) is 0 Å². The largest absolute Gasteiger partial charge is 0.367 e. The summed E-state index contributed by atoms with van der Waals surface area (Å²) in [5.74, 6) is 1.16. The van der Waals surface area contributed by atoms with Crippen LogP contribution in [0.5, 0.6) is 0 Å². The highest BCUT2D eigenvalue weighted by atomic mass is 32.2. The molecular weight excluding hydrogens is 484 g/mol. The van der Waals surface area contributed by atoms with Crippen molar-refractivity contribution in [3.05, 3.63) is 91.0 Å². The molecule has 0 spiro atoms. The van der Waals surface area contributed by atoms with Gasteiger partial charge in [0.1, 0.15) is 10.7 Å². The lowest BCUT2D eigenvalue weighted by atomic mass is 10.1. The van der Waals surface area contributed by atoms with Crippen LogP contribution in [0.25, 0.3) is 21.7 Å². The second-order valence-electron chi connectivity index (χ2n) is 9.29. The fraction of sp³-hybridized carbons (Fsp3) is 0.172. The molecular formula is C29H26N4O3S. The molecule has 0 unspecified atom stereocenters. The molecule has 7 nitrogen and oxygen atoms in total. The molecule has 5 aromatic rings. The predicted molar refractivity (Wildman–Crippen MR) is 147 cm³/mol. The number of nitrogens with zero attached hydrogens (tertiary/aromatic N) is 3. The van der Waals surface area contributed by atoms with Gasteiger partial charge in [-0.3, -0.25) is 9.45 Å². The van der Waals surface area contributed by atoms with Crippen LogP contribution in [0, 0.1) is 0 Å². The lowest BCUT2D eigenvalue weighted by molar-refractivity contribution is 0.484. The molecule has 4 aromatic carbocycles. The number of hydrogen-bond donors (Lipinski definition) is 2. The van der Waals surface area contributed by atoms with Crippen molar-refractivity contribution in [2.45, 2.75) is 36.6 Å². The van der Waals surface area contributed by atoms with Crippen LogP contribution in [0.2, 0.25) is 0 Å². The normalized spacial score (nSPS) is 14.3. The number of hydrogen-bond acceptors (Lipinski definition) is 6. The third-order valence-corrected chi connectivity index (χ3v) is 7.76. The maximum absolute atomic E-state index is 12.4. The standard InChI is InChI=1S/C29H26N4O3S/c34-37(35,36)26-19-9-11-20-10-8-18-25(27(20)26)33(22-14-2-1-3-15-22)29-31-24-17-7-6-16-23(24)28(32-29)30-21-12-4-5-13-21/h1-3,6-11,14-19,21H,4-5,12-13H2,(H,30,31,32)(H,34,35,36). The van der Waals surface area contributed by atoms with Gasteiger partial charge >= 0.3 is 0 Å². The van der Waals surface area contributed by atoms with Gasteiger partial charge in [0.25, 0.3) is 10.1 Å². The summed E-state index contributed by atoms with van der Waals surface area (Å²) in [7, 11) is -4.49. The lowest BCUT2D eigenvalue weighted by Gasteiger charge is -2.26. The second kappa shape index (κ2) is 9.46. The summed E-state index contributed by atoms with van der Waals surface area (Å²) < 4.78 is 34.9. The van der Waals surface area contributed by atoms with E-state index in [0.717, 1.165) is 35.2 Å². The van der Waals surface area contributed by atoms with Crippen molar-refractivity contribution < 1.29 is 13.0 Å². The molecule has 8 heteroatoms. The third kappa shape index (κ3) is 4.50. The quantitative estimate of drug-likeness (QED) is 0.241. The van der Waals surface area contributed by atoms with Gasteiger partial charge in [-0.1, -0.05) is 67.4 Å². The predicted octanol–water partition coefficient (Wildman–Crippen LogP) is 6.85. The van der Waals surface area contributed by atoms with E-state index < -0.39 is 10.1 Å². The van der Waals surface area contributed by atoms with Crippen LogP contribution >= 0.6 is 0 Å². The van der Waals surface area contributed by atoms with E-state index in [1.165, 1.54) is 18.9 Å². The average Bonchev–Trinajstić information content (AvgIpc) is 3.42. The van der Waals surface area contributed by atoms with Gasteiger partial charge in [0.05, 0.1) is 11.2 Å². The van der Waals surface area contributed by atoms with Crippen LogP contribution in [0.4, 0.5) is 23.1 Å². The molecule has 0 radical (unpaired) electrons. The van der Waals surface area contributed by atoms with E-state index in [1.807, 2.05) is 83.8 Å². The third-order valence-electron chi connectivity index (χ3n) is 6.87. The molecule has 37 heavy (non-hydrogen) atoms. The fourth-order valence-electron chi connectivity index (χ4n) is 5.17. The van der Waals surface area contributed by atoms with E-state index in [9.17, 15) is 13.0 Å². The summed E-state index contributed by atoms with van der Waals surface area (Å²) in [4.78, 5) is 11.6. The monoisotopic (exact) mass is 510 g/mol. The number of rotatable bonds is 6. The Morgan fingerprint density at radius 1 is 0.811 bits per heavy atom. The van der Waals surface area contributed by atoms with Crippen LogP contribution < -0.4 is 10.2 Å². The van der Waals surface area contributed by atoms with Gasteiger partial charge in [-0.05, 0) is 54.6 Å². The molecule has 1 aliphatic carbocycles. The molecule has 0 saturated heterocycles. The Kier molecular flexibility index (Phi) is 5.98. The van der Waals surface area contributed by atoms with Crippen LogP contribution in [-0.2, 0) is 10.1 Å². The highest BCUT2D eigenvalue weighted by Crippen LogP contribution is 2.41. The van der Waals surface area contributed by atoms with Crippen molar-refractivity contribution in [3.8, 4) is 0 Å². The van der Waals surface area contributed by atoms with Gasteiger partial charge in [0.15, 0.2) is 0 Å². The van der Waals surface area contributed by atoms with E-state index in [0.29, 0.717) is 28.5 Å². The topological polar surface area (TPSA) is 95.4 Å². The molecule has 1 fully saturated rings. The molecule has 0 atom stereocenters. The van der Waals surface area contributed by atoms with Gasteiger partial charge in [-0.15, -0.1) is 0 Å². The molecule has 186 valence electrons. The van der Waals surface area contributed by atoms with Crippen LogP contribution in [0.1, 0.15) is 25.7 Å². The highest BCUT2D eigenvalue weighted by Gasteiger charge is 2.25. The van der Waals surface area contributed by atoms with Crippen molar-refractivity contribution in [3.63, 3.8) is 0 Å². The van der Waals surface area contributed by atoms with Gasteiger partial charge in [-0.25, -0.2) is 4.98 Å². The zero-order valence-electron chi connectivity index (χ0n) is 20.1. The second-order valence-corrected chi connectivity index (χ2v) is 10.7. The molecule has 1 aliphatic rings. The first-order valence-electron chi connectivity index (χ1n) is 12.4. The van der Waals surface area contributed by atoms with E-state index in [4.69, 9.17) is 9.97 Å². The SMILES string of the molecule is O=S(=O)(O)c1cccc2cccc(N(c3ccccc3)c3nc(NC4CCCC4)c4ccccc4n3)c12. The molecule has 1 heterocycles. The van der Waals surface area contributed by atoms with Crippen molar-refractivity contribution in [2.24, 2.45) is 0 Å². The Hall–Kier alpha value is -4.01. The first kappa shape index (κ1) is 23.4. The van der Waals surface area contributed by atoms with Gasteiger partial charge < -0.3 is 5.32 Å². The van der Waals surface area contributed by atoms with Crippen molar-refractivity contribution >= 4 is 54.9 Å². The molecule has 0 aliphatic heterocycles. The number of benzene rings is 4. The molecule has 0 amide bonds. The Morgan fingerprint density at radius 3 is 2.27 bits per heavy atom. The van der Waals surface area contributed by atoms with E-state index in [2.05, 4.69) is 5.32 Å². The molecule has 6 rings (SSSR count). The number of nitrogens with one attached hydrogen (secondary N) is 1. The lowest BCUT2D eigenvalue weighted by Crippen LogP contribution is -2.19. The minimum absolute atomic E-state index is 0.161. The summed E-state index contributed by atoms with van der Waals surface area (Å²) >= 11 is 0. The van der Waals surface area contributed by atoms with Crippen molar-refractivity contribution in [1.82, 2.24) is 9.97 Å². The smallest absolute Gasteiger partial charge is 0.295 e. The highest BCUT2D eigenvalue weighted by molar-refractivity contribution is 7.86. The van der Waals surface area contributed by atoms with Crippen molar-refractivity contribution in [2.75, 3.05) is 10.2 Å². The molecule has 1 aromatic heterocycles. The first-order chi connectivity index (χ1) is 18.0. The maximum Gasteiger partial charge on any atom is 0.295 e. The number of para-hydroxylation sites is 2. The van der Waals surface area contributed by atoms with Crippen LogP contribution in [-0.4, -0.2) is 29.0 Å². The van der Waals surface area contributed by atoms with E-state index in [-0.39, 0.29) is 4.90 Å². The first-order valence-corrected chi connectivity index (χ1v) is 13.8. The Bertz CT molecular complexity index is 1700.